The highest BCUT2D eigenvalue weighted by Crippen LogP contribution is 2.21. The Hall–Kier alpha value is -3.37. The van der Waals surface area contributed by atoms with E-state index < -0.39 is 17.7 Å². The lowest BCUT2D eigenvalue weighted by atomic mass is 10.1. The van der Waals surface area contributed by atoms with Crippen LogP contribution in [0.15, 0.2) is 53.5 Å². The zero-order chi connectivity index (χ0) is 18.7. The predicted octanol–water partition coefficient (Wildman–Crippen LogP) is 2.63. The number of aryl methyl sites for hydroxylation is 1. The summed E-state index contributed by atoms with van der Waals surface area (Å²) in [6, 6.07) is 15.8. The second kappa shape index (κ2) is 7.25. The smallest absolute Gasteiger partial charge is 0.251 e. The summed E-state index contributed by atoms with van der Waals surface area (Å²) in [4.78, 5) is 30.5. The van der Waals surface area contributed by atoms with Crippen LogP contribution in [0, 0.1) is 24.2 Å². The number of benzene rings is 2. The van der Waals surface area contributed by atoms with Crippen LogP contribution < -0.4 is 10.2 Å². The van der Waals surface area contributed by atoms with Crippen LogP contribution in [0.4, 0.5) is 11.4 Å². The molecule has 1 fully saturated rings. The Kier molecular flexibility index (Phi) is 4.87. The molecule has 26 heavy (non-hydrogen) atoms. The van der Waals surface area contributed by atoms with Crippen molar-refractivity contribution in [2.24, 2.45) is 10.9 Å². The Morgan fingerprint density at radius 3 is 2.42 bits per heavy atom. The molecule has 0 unspecified atom stereocenters. The number of nitrogens with zero attached hydrogens (tertiary/aromatic N) is 3. The third-order valence-electron chi connectivity index (χ3n) is 3.86. The van der Waals surface area contributed by atoms with Gasteiger partial charge in [-0.1, -0.05) is 17.7 Å². The zero-order valence-corrected chi connectivity index (χ0v) is 14.7. The molecule has 2 amide bonds. The predicted molar refractivity (Wildman–Crippen MR) is 102 cm³/mol. The molecule has 128 valence electrons. The number of nitrogens with one attached hydrogen (secondary N) is 1. The quantitative estimate of drug-likeness (QED) is 0.517. The number of rotatable bonds is 3. The van der Waals surface area contributed by atoms with Gasteiger partial charge in [-0.15, -0.1) is 0 Å². The van der Waals surface area contributed by atoms with Gasteiger partial charge in [0.15, 0.2) is 11.0 Å². The summed E-state index contributed by atoms with van der Waals surface area (Å²) in [7, 11) is 0. The maximum Gasteiger partial charge on any atom is 0.251 e. The summed E-state index contributed by atoms with van der Waals surface area (Å²) in [5.74, 6) is -2.06. The second-order valence-electron chi connectivity index (χ2n) is 5.72. The van der Waals surface area contributed by atoms with Crippen molar-refractivity contribution >= 4 is 46.7 Å². The molecular weight excluding hydrogens is 348 g/mol. The van der Waals surface area contributed by atoms with E-state index in [1.54, 1.807) is 36.4 Å². The largest absolute Gasteiger partial charge is 0.301 e. The number of hydrogen-bond acceptors (Lipinski definition) is 5. The summed E-state index contributed by atoms with van der Waals surface area (Å²) >= 11 is 5.15. The number of carbonyl (C=O) groups excluding carboxylic acids is 2. The van der Waals surface area contributed by atoms with Crippen molar-refractivity contribution in [1.82, 2.24) is 5.32 Å². The van der Waals surface area contributed by atoms with Crippen molar-refractivity contribution < 1.29 is 9.59 Å². The maximum atomic E-state index is 12.8. The lowest BCUT2D eigenvalue weighted by molar-refractivity contribution is -0.130. The molecule has 1 N–H and O–H groups in total. The van der Waals surface area contributed by atoms with Gasteiger partial charge in [0.1, 0.15) is 0 Å². The Morgan fingerprint density at radius 1 is 1.15 bits per heavy atom. The monoisotopic (exact) mass is 362 g/mol. The van der Waals surface area contributed by atoms with Crippen molar-refractivity contribution in [3.05, 3.63) is 59.7 Å². The lowest BCUT2D eigenvalue weighted by Crippen LogP contribution is -2.58. The molecular formula is C19H14N4O2S. The first-order valence-corrected chi connectivity index (χ1v) is 8.20. The van der Waals surface area contributed by atoms with Crippen LogP contribution in [0.5, 0.6) is 0 Å². The number of amides is 2. The third kappa shape index (κ3) is 3.50. The molecule has 0 spiro atoms. The Labute approximate surface area is 155 Å². The first kappa shape index (κ1) is 17.5. The Bertz CT molecular complexity index is 943. The molecule has 0 saturated carbocycles. The summed E-state index contributed by atoms with van der Waals surface area (Å²) in [5.41, 5.74) is 2.68. The highest BCUT2D eigenvalue weighted by Gasteiger charge is 2.38. The van der Waals surface area contributed by atoms with Gasteiger partial charge in [-0.3, -0.25) is 19.5 Å². The van der Waals surface area contributed by atoms with Crippen molar-refractivity contribution in [1.29, 1.82) is 5.26 Å². The number of carbonyl (C=O) groups is 2. The van der Waals surface area contributed by atoms with Gasteiger partial charge in [0.25, 0.3) is 5.91 Å². The van der Waals surface area contributed by atoms with Gasteiger partial charge in [-0.25, -0.2) is 0 Å². The summed E-state index contributed by atoms with van der Waals surface area (Å²) in [6.07, 6.45) is 1.29. The van der Waals surface area contributed by atoms with Crippen LogP contribution >= 0.6 is 12.2 Å². The molecule has 2 aromatic rings. The number of hydrogen-bond donors (Lipinski definition) is 1. The molecule has 0 aromatic heterocycles. The molecule has 1 aliphatic rings. The minimum atomic E-state index is -1.08. The zero-order valence-electron chi connectivity index (χ0n) is 13.8. The van der Waals surface area contributed by atoms with Crippen molar-refractivity contribution in [3.8, 4) is 6.07 Å². The number of thiocarbonyl (C=S) groups is 1. The molecule has 0 bridgehead atoms. The molecule has 0 aliphatic carbocycles. The van der Waals surface area contributed by atoms with Crippen molar-refractivity contribution in [2.45, 2.75) is 6.92 Å². The van der Waals surface area contributed by atoms with Gasteiger partial charge in [0.2, 0.25) is 5.91 Å². The minimum absolute atomic E-state index is 0.0480. The Morgan fingerprint density at radius 2 is 1.81 bits per heavy atom. The molecule has 0 radical (unpaired) electrons. The average molecular weight is 362 g/mol. The number of nitriles is 1. The molecule has 1 heterocycles. The Balaban J connectivity index is 1.86. The van der Waals surface area contributed by atoms with Gasteiger partial charge >= 0.3 is 0 Å². The molecule has 1 aliphatic heterocycles. The van der Waals surface area contributed by atoms with Gasteiger partial charge < -0.3 is 5.32 Å². The summed E-state index contributed by atoms with van der Waals surface area (Å²) in [5, 5.41) is 11.4. The van der Waals surface area contributed by atoms with Crippen LogP contribution in [0.1, 0.15) is 11.1 Å². The van der Waals surface area contributed by atoms with E-state index >= 15 is 0 Å². The van der Waals surface area contributed by atoms with E-state index in [1.807, 2.05) is 25.1 Å². The van der Waals surface area contributed by atoms with Crippen molar-refractivity contribution in [3.63, 3.8) is 0 Å². The highest BCUT2D eigenvalue weighted by atomic mass is 32.1. The summed E-state index contributed by atoms with van der Waals surface area (Å²) in [6.45, 7) is 1.94. The maximum absolute atomic E-state index is 12.8. The molecule has 6 nitrogen and oxygen atoms in total. The van der Waals surface area contributed by atoms with E-state index in [9.17, 15) is 9.59 Å². The fraction of sp³-hybridized carbons (Fsp3) is 0.105. The van der Waals surface area contributed by atoms with Gasteiger partial charge in [0.05, 0.1) is 23.0 Å². The van der Waals surface area contributed by atoms with E-state index in [0.29, 0.717) is 16.9 Å². The van der Waals surface area contributed by atoms with Crippen LogP contribution in [0.3, 0.4) is 0 Å². The first-order chi connectivity index (χ1) is 12.5. The third-order valence-corrected chi connectivity index (χ3v) is 4.15. The molecule has 3 rings (SSSR count). The first-order valence-electron chi connectivity index (χ1n) is 7.79. The molecule has 1 atom stereocenters. The molecule has 2 aromatic carbocycles. The van der Waals surface area contributed by atoms with Crippen LogP contribution in [-0.4, -0.2) is 23.1 Å². The van der Waals surface area contributed by atoms with E-state index in [0.717, 1.165) is 5.56 Å². The number of anilines is 1. The van der Waals surface area contributed by atoms with E-state index in [-0.39, 0.29) is 5.11 Å². The summed E-state index contributed by atoms with van der Waals surface area (Å²) < 4.78 is 0. The average Bonchev–Trinajstić information content (AvgIpc) is 2.63. The normalized spacial score (nSPS) is 17.3. The highest BCUT2D eigenvalue weighted by molar-refractivity contribution is 7.80. The van der Waals surface area contributed by atoms with E-state index in [1.165, 1.54) is 11.1 Å². The van der Waals surface area contributed by atoms with Gasteiger partial charge in [0, 0.05) is 6.21 Å². The van der Waals surface area contributed by atoms with Crippen molar-refractivity contribution in [2.75, 3.05) is 4.90 Å². The fourth-order valence-electron chi connectivity index (χ4n) is 2.44. The SMILES string of the molecule is Cc1ccc(N2C(=O)[C@H](C=Nc3ccc(C#N)cc3)C(=O)NC2=S)cc1. The van der Waals surface area contributed by atoms with Crippen LogP contribution in [0.25, 0.3) is 0 Å². The second-order valence-corrected chi connectivity index (χ2v) is 6.10. The lowest BCUT2D eigenvalue weighted by Gasteiger charge is -2.30. The minimum Gasteiger partial charge on any atom is -0.301 e. The molecule has 7 heteroatoms. The van der Waals surface area contributed by atoms with Gasteiger partial charge in [-0.05, 0) is 55.5 Å². The standard InChI is InChI=1S/C19H14N4O2S/c1-12-2-8-15(9-3-12)23-18(25)16(17(24)22-19(23)26)11-21-14-6-4-13(10-20)5-7-14/h2-9,11,16H,1H3,(H,22,24,26)/t16-/m1/s1. The fourth-order valence-corrected chi connectivity index (χ4v) is 2.74. The van der Waals surface area contributed by atoms with Gasteiger partial charge in [-0.2, -0.15) is 5.26 Å². The van der Waals surface area contributed by atoms with Crippen LogP contribution in [-0.2, 0) is 9.59 Å². The molecule has 1 saturated heterocycles. The van der Waals surface area contributed by atoms with E-state index in [2.05, 4.69) is 10.3 Å². The van der Waals surface area contributed by atoms with E-state index in [4.69, 9.17) is 17.5 Å². The number of aliphatic imine (C=N–C) groups is 1. The van der Waals surface area contributed by atoms with Crippen LogP contribution in [0.2, 0.25) is 0 Å². The topological polar surface area (TPSA) is 85.6 Å².